The molecule has 0 aromatic carbocycles. The average Bonchev–Trinajstić information content (AvgIpc) is 3.15. The van der Waals surface area contributed by atoms with Crippen LogP contribution >= 0.6 is 0 Å². The van der Waals surface area contributed by atoms with Crippen LogP contribution in [0.25, 0.3) is 0 Å². The van der Waals surface area contributed by atoms with Gasteiger partial charge in [-0.2, -0.15) is 0 Å². The third kappa shape index (κ3) is 2.65. The molecule has 0 spiro atoms. The number of amides is 2. The Labute approximate surface area is 133 Å². The quantitative estimate of drug-likeness (QED) is 0.801. The number of carbonyl (C=O) groups excluding carboxylic acids is 2. The second-order valence-corrected chi connectivity index (χ2v) is 8.25. The van der Waals surface area contributed by atoms with Crippen LogP contribution in [-0.4, -0.2) is 47.8 Å². The van der Waals surface area contributed by atoms with Crippen LogP contribution in [0.4, 0.5) is 0 Å². The molecule has 2 heterocycles. The van der Waals surface area contributed by atoms with E-state index in [1.807, 2.05) is 4.90 Å². The first-order chi connectivity index (χ1) is 10.6. The summed E-state index contributed by atoms with van der Waals surface area (Å²) < 4.78 is 0. The van der Waals surface area contributed by atoms with Gasteiger partial charge in [0.15, 0.2) is 0 Å². The molecule has 0 aromatic rings. The van der Waals surface area contributed by atoms with E-state index in [4.69, 9.17) is 0 Å². The Morgan fingerprint density at radius 1 is 1.05 bits per heavy atom. The zero-order valence-corrected chi connectivity index (χ0v) is 13.7. The predicted octanol–water partition coefficient (Wildman–Crippen LogP) is 2.14. The summed E-state index contributed by atoms with van der Waals surface area (Å²) >= 11 is 0. The lowest BCUT2D eigenvalue weighted by atomic mass is 9.82. The predicted molar refractivity (Wildman–Crippen MR) is 84.0 cm³/mol. The van der Waals surface area contributed by atoms with E-state index in [1.165, 1.54) is 25.7 Å². The number of nitrogens with zero attached hydrogens (tertiary/aromatic N) is 2. The Balaban J connectivity index is 1.33. The van der Waals surface area contributed by atoms with Gasteiger partial charge in [0, 0.05) is 38.0 Å². The summed E-state index contributed by atoms with van der Waals surface area (Å²) in [6.45, 7) is 5.66. The van der Waals surface area contributed by atoms with Crippen LogP contribution in [0.3, 0.4) is 0 Å². The molecule has 4 rings (SSSR count). The summed E-state index contributed by atoms with van der Waals surface area (Å²) in [4.78, 5) is 29.3. The number of rotatable bonds is 3. The summed E-state index contributed by atoms with van der Waals surface area (Å²) in [6, 6.07) is 0. The molecule has 4 aliphatic rings. The normalized spacial score (nSPS) is 38.5. The molecule has 0 aromatic heterocycles. The number of carbonyl (C=O) groups is 2. The molecule has 4 nitrogen and oxygen atoms in total. The largest absolute Gasteiger partial charge is 0.342 e. The molecule has 22 heavy (non-hydrogen) atoms. The van der Waals surface area contributed by atoms with Gasteiger partial charge in [0.05, 0.1) is 5.92 Å². The van der Waals surface area contributed by atoms with Crippen molar-refractivity contribution in [3.8, 4) is 0 Å². The lowest BCUT2D eigenvalue weighted by Crippen LogP contribution is -2.39. The van der Waals surface area contributed by atoms with Gasteiger partial charge in [0.1, 0.15) is 0 Å². The summed E-state index contributed by atoms with van der Waals surface area (Å²) in [5, 5.41) is 0. The third-order valence-corrected chi connectivity index (χ3v) is 6.38. The first-order valence-electron chi connectivity index (χ1n) is 9.19. The van der Waals surface area contributed by atoms with E-state index >= 15 is 0 Å². The molecular formula is C18H28N2O2. The summed E-state index contributed by atoms with van der Waals surface area (Å²) in [7, 11) is 0. The molecule has 2 atom stereocenters. The molecule has 2 aliphatic carbocycles. The maximum Gasteiger partial charge on any atom is 0.227 e. The van der Waals surface area contributed by atoms with E-state index < -0.39 is 0 Å². The first-order valence-corrected chi connectivity index (χ1v) is 9.19. The minimum Gasteiger partial charge on any atom is -0.342 e. The Bertz CT molecular complexity index is 466. The minimum atomic E-state index is 0.102. The molecule has 122 valence electrons. The molecule has 2 saturated carbocycles. The van der Waals surface area contributed by atoms with E-state index in [1.54, 1.807) is 0 Å². The Morgan fingerprint density at radius 3 is 2.41 bits per heavy atom. The summed E-state index contributed by atoms with van der Waals surface area (Å²) in [6.07, 6.45) is 7.06. The lowest BCUT2D eigenvalue weighted by Gasteiger charge is -2.29. The zero-order valence-electron chi connectivity index (χ0n) is 13.7. The van der Waals surface area contributed by atoms with Crippen LogP contribution in [0.15, 0.2) is 0 Å². The minimum absolute atomic E-state index is 0.102. The van der Waals surface area contributed by atoms with Crippen molar-refractivity contribution in [3.63, 3.8) is 0 Å². The molecule has 0 unspecified atom stereocenters. The van der Waals surface area contributed by atoms with Crippen molar-refractivity contribution in [2.75, 3.05) is 26.2 Å². The van der Waals surface area contributed by atoms with E-state index in [2.05, 4.69) is 11.8 Å². The van der Waals surface area contributed by atoms with E-state index in [0.29, 0.717) is 24.3 Å². The van der Waals surface area contributed by atoms with Crippen LogP contribution in [-0.2, 0) is 9.59 Å². The number of likely N-dealkylation sites (tertiary alicyclic amines) is 2. The molecular weight excluding hydrogens is 276 g/mol. The van der Waals surface area contributed by atoms with Gasteiger partial charge in [-0.15, -0.1) is 0 Å². The van der Waals surface area contributed by atoms with Gasteiger partial charge in [-0.3, -0.25) is 9.59 Å². The smallest absolute Gasteiger partial charge is 0.227 e. The van der Waals surface area contributed by atoms with Crippen LogP contribution < -0.4 is 0 Å². The van der Waals surface area contributed by atoms with Gasteiger partial charge in [-0.1, -0.05) is 6.92 Å². The van der Waals surface area contributed by atoms with E-state index in [-0.39, 0.29) is 11.8 Å². The molecule has 4 heteroatoms. The van der Waals surface area contributed by atoms with Crippen LogP contribution in [0.2, 0.25) is 0 Å². The molecule has 2 aliphatic heterocycles. The maximum atomic E-state index is 12.7. The highest BCUT2D eigenvalue weighted by molar-refractivity contribution is 5.85. The van der Waals surface area contributed by atoms with Gasteiger partial charge >= 0.3 is 0 Å². The van der Waals surface area contributed by atoms with Crippen molar-refractivity contribution >= 4 is 11.8 Å². The molecule has 0 N–H and O–H groups in total. The van der Waals surface area contributed by atoms with Crippen molar-refractivity contribution in [2.45, 2.75) is 45.4 Å². The SMILES string of the molecule is CC1CCC(C(=O)N2C[C@H]3CN(CC4CC4)C(=O)[C@H]3C2)CC1. The second-order valence-electron chi connectivity index (χ2n) is 8.25. The maximum absolute atomic E-state index is 12.7. The van der Waals surface area contributed by atoms with Gasteiger partial charge in [0.2, 0.25) is 11.8 Å². The number of hydrogen-bond donors (Lipinski definition) is 0. The van der Waals surface area contributed by atoms with E-state index in [9.17, 15) is 9.59 Å². The Kier molecular flexibility index (Phi) is 3.66. The van der Waals surface area contributed by atoms with Crippen molar-refractivity contribution in [1.82, 2.24) is 9.80 Å². The average molecular weight is 304 g/mol. The molecule has 0 radical (unpaired) electrons. The fraction of sp³-hybridized carbons (Fsp3) is 0.889. The van der Waals surface area contributed by atoms with E-state index in [0.717, 1.165) is 44.3 Å². The lowest BCUT2D eigenvalue weighted by molar-refractivity contribution is -0.137. The highest BCUT2D eigenvalue weighted by Crippen LogP contribution is 2.38. The van der Waals surface area contributed by atoms with Gasteiger partial charge in [-0.25, -0.2) is 0 Å². The molecule has 4 fully saturated rings. The van der Waals surface area contributed by atoms with Crippen LogP contribution in [0.5, 0.6) is 0 Å². The Morgan fingerprint density at radius 2 is 1.77 bits per heavy atom. The topological polar surface area (TPSA) is 40.6 Å². The number of fused-ring (bicyclic) bond motifs is 1. The van der Waals surface area contributed by atoms with Crippen molar-refractivity contribution in [1.29, 1.82) is 0 Å². The Hall–Kier alpha value is -1.06. The molecule has 0 bridgehead atoms. The fourth-order valence-corrected chi connectivity index (χ4v) is 4.67. The summed E-state index contributed by atoms with van der Waals surface area (Å²) in [5.41, 5.74) is 0. The first kappa shape index (κ1) is 14.5. The van der Waals surface area contributed by atoms with Crippen molar-refractivity contribution < 1.29 is 9.59 Å². The highest BCUT2D eigenvalue weighted by atomic mass is 16.2. The molecule has 2 amide bonds. The zero-order chi connectivity index (χ0) is 15.3. The van der Waals surface area contributed by atoms with Crippen molar-refractivity contribution in [2.24, 2.45) is 29.6 Å². The van der Waals surface area contributed by atoms with Crippen LogP contribution in [0.1, 0.15) is 45.4 Å². The van der Waals surface area contributed by atoms with Gasteiger partial charge in [-0.05, 0) is 50.4 Å². The van der Waals surface area contributed by atoms with Gasteiger partial charge < -0.3 is 9.80 Å². The van der Waals surface area contributed by atoms with Crippen LogP contribution in [0, 0.1) is 29.6 Å². The number of hydrogen-bond acceptors (Lipinski definition) is 2. The fourth-order valence-electron chi connectivity index (χ4n) is 4.67. The standard InChI is InChI=1S/C18H28N2O2/c1-12-2-6-14(7-3-12)17(21)20-10-15-9-19(8-13-4-5-13)18(22)16(15)11-20/h12-16H,2-11H2,1H3/t12?,14?,15-,16+/m1/s1. The van der Waals surface area contributed by atoms with Crippen molar-refractivity contribution in [3.05, 3.63) is 0 Å². The highest BCUT2D eigenvalue weighted by Gasteiger charge is 2.48. The van der Waals surface area contributed by atoms with Gasteiger partial charge in [0.25, 0.3) is 0 Å². The second kappa shape index (κ2) is 5.54. The summed E-state index contributed by atoms with van der Waals surface area (Å²) in [5.74, 6) is 2.94. The monoisotopic (exact) mass is 304 g/mol. The third-order valence-electron chi connectivity index (χ3n) is 6.38. The molecule has 2 saturated heterocycles.